The summed E-state index contributed by atoms with van der Waals surface area (Å²) in [6, 6.07) is 2.72. The number of nitrogens with one attached hydrogen (secondary N) is 1. The van der Waals surface area contributed by atoms with E-state index >= 15 is 0 Å². The van der Waals surface area contributed by atoms with Crippen LogP contribution in [0.3, 0.4) is 0 Å². The smallest absolute Gasteiger partial charge is 0.325 e. The number of hydrogen-bond donors (Lipinski definition) is 2. The van der Waals surface area contributed by atoms with Crippen molar-refractivity contribution < 1.29 is 9.90 Å². The Bertz CT molecular complexity index is 462. The molecule has 0 bridgehead atoms. The Balaban J connectivity index is 2.55. The summed E-state index contributed by atoms with van der Waals surface area (Å²) in [5.74, 6) is -0.923. The van der Waals surface area contributed by atoms with Crippen molar-refractivity contribution in [3.63, 3.8) is 0 Å². The van der Waals surface area contributed by atoms with Crippen molar-refractivity contribution in [2.24, 2.45) is 0 Å². The van der Waals surface area contributed by atoms with Gasteiger partial charge in [0.2, 0.25) is 0 Å². The van der Waals surface area contributed by atoms with Crippen molar-refractivity contribution in [1.29, 1.82) is 0 Å². The Morgan fingerprint density at radius 1 is 1.47 bits per heavy atom. The standard InChI is InChI=1S/C12H13Cl2NO2/c1-2-6-5-7-8(13)3-4-9(14)10(7)11(15-6)12(16)17/h3-4,6,11,15H,2,5H2,1H3,(H,16,17). The van der Waals surface area contributed by atoms with Gasteiger partial charge in [-0.2, -0.15) is 0 Å². The minimum atomic E-state index is -0.923. The molecule has 5 heteroatoms. The maximum atomic E-state index is 11.3. The van der Waals surface area contributed by atoms with Crippen LogP contribution in [-0.2, 0) is 11.2 Å². The van der Waals surface area contributed by atoms with Gasteiger partial charge in [0.25, 0.3) is 0 Å². The number of carboxylic acid groups (broad SMARTS) is 1. The first-order chi connectivity index (χ1) is 8.04. The number of carboxylic acids is 1. The fourth-order valence-electron chi connectivity index (χ4n) is 2.21. The molecule has 2 atom stereocenters. The lowest BCUT2D eigenvalue weighted by atomic mass is 9.89. The quantitative estimate of drug-likeness (QED) is 0.871. The van der Waals surface area contributed by atoms with Gasteiger partial charge in [0.05, 0.1) is 0 Å². The van der Waals surface area contributed by atoms with Gasteiger partial charge in [-0.15, -0.1) is 0 Å². The fraction of sp³-hybridized carbons (Fsp3) is 0.417. The Labute approximate surface area is 110 Å². The normalized spacial score (nSPS) is 23.2. The molecule has 92 valence electrons. The molecule has 1 aromatic rings. The topological polar surface area (TPSA) is 49.3 Å². The third-order valence-corrected chi connectivity index (χ3v) is 3.81. The van der Waals surface area contributed by atoms with Gasteiger partial charge in [0.15, 0.2) is 0 Å². The van der Waals surface area contributed by atoms with Crippen LogP contribution in [0.2, 0.25) is 10.0 Å². The summed E-state index contributed by atoms with van der Waals surface area (Å²) in [4.78, 5) is 11.3. The van der Waals surface area contributed by atoms with E-state index in [2.05, 4.69) is 5.32 Å². The molecule has 17 heavy (non-hydrogen) atoms. The third kappa shape index (κ3) is 2.28. The van der Waals surface area contributed by atoms with E-state index in [9.17, 15) is 9.90 Å². The van der Waals surface area contributed by atoms with Crippen molar-refractivity contribution >= 4 is 29.2 Å². The van der Waals surface area contributed by atoms with Crippen LogP contribution in [0.4, 0.5) is 0 Å². The molecular weight excluding hydrogens is 261 g/mol. The van der Waals surface area contributed by atoms with Crippen molar-refractivity contribution in [1.82, 2.24) is 5.32 Å². The maximum Gasteiger partial charge on any atom is 0.325 e. The number of halogens is 2. The molecule has 1 aromatic carbocycles. The molecular formula is C12H13Cl2NO2. The summed E-state index contributed by atoms with van der Waals surface area (Å²) in [5.41, 5.74) is 1.47. The zero-order valence-corrected chi connectivity index (χ0v) is 10.8. The maximum absolute atomic E-state index is 11.3. The van der Waals surface area contributed by atoms with Crippen molar-refractivity contribution in [3.05, 3.63) is 33.3 Å². The second kappa shape index (κ2) is 4.84. The first-order valence-corrected chi connectivity index (χ1v) is 6.25. The first-order valence-electron chi connectivity index (χ1n) is 5.50. The lowest BCUT2D eigenvalue weighted by Crippen LogP contribution is -2.42. The van der Waals surface area contributed by atoms with Crippen LogP contribution in [0.25, 0.3) is 0 Å². The van der Waals surface area contributed by atoms with E-state index in [0.29, 0.717) is 15.6 Å². The average Bonchev–Trinajstić information content (AvgIpc) is 2.32. The van der Waals surface area contributed by atoms with E-state index in [1.54, 1.807) is 12.1 Å². The largest absolute Gasteiger partial charge is 0.480 e. The summed E-state index contributed by atoms with van der Waals surface area (Å²) in [6.45, 7) is 2.01. The van der Waals surface area contributed by atoms with E-state index < -0.39 is 12.0 Å². The zero-order valence-electron chi connectivity index (χ0n) is 9.34. The predicted molar refractivity (Wildman–Crippen MR) is 67.8 cm³/mol. The number of carbonyl (C=O) groups is 1. The molecule has 2 N–H and O–H groups in total. The lowest BCUT2D eigenvalue weighted by molar-refractivity contribution is -0.140. The Morgan fingerprint density at radius 3 is 2.71 bits per heavy atom. The molecule has 0 aromatic heterocycles. The zero-order chi connectivity index (χ0) is 12.6. The Hall–Kier alpha value is -0.770. The van der Waals surface area contributed by atoms with Crippen molar-refractivity contribution in [3.8, 4) is 0 Å². The third-order valence-electron chi connectivity index (χ3n) is 3.13. The fourth-order valence-corrected chi connectivity index (χ4v) is 2.74. The number of rotatable bonds is 2. The molecule has 1 aliphatic rings. The van der Waals surface area contributed by atoms with E-state index in [1.807, 2.05) is 6.92 Å². The van der Waals surface area contributed by atoms with E-state index in [-0.39, 0.29) is 6.04 Å². The van der Waals surface area contributed by atoms with E-state index in [4.69, 9.17) is 23.2 Å². The highest BCUT2D eigenvalue weighted by Crippen LogP contribution is 2.36. The van der Waals surface area contributed by atoms with Crippen LogP contribution in [0.1, 0.15) is 30.5 Å². The predicted octanol–water partition coefficient (Wildman–Crippen LogP) is 3.04. The highest BCUT2D eigenvalue weighted by Gasteiger charge is 2.33. The first kappa shape index (κ1) is 12.7. The van der Waals surface area contributed by atoms with Gasteiger partial charge in [0.1, 0.15) is 6.04 Å². The van der Waals surface area contributed by atoms with Gasteiger partial charge < -0.3 is 5.11 Å². The minimum Gasteiger partial charge on any atom is -0.480 e. The monoisotopic (exact) mass is 273 g/mol. The second-order valence-electron chi connectivity index (χ2n) is 4.17. The molecule has 0 saturated carbocycles. The molecule has 0 aliphatic carbocycles. The summed E-state index contributed by atoms with van der Waals surface area (Å²) in [6.07, 6.45) is 1.57. The molecule has 2 rings (SSSR count). The van der Waals surface area contributed by atoms with Gasteiger partial charge in [0, 0.05) is 21.7 Å². The summed E-state index contributed by atoms with van der Waals surface area (Å²) in [7, 11) is 0. The van der Waals surface area contributed by atoms with Gasteiger partial charge >= 0.3 is 5.97 Å². The highest BCUT2D eigenvalue weighted by atomic mass is 35.5. The second-order valence-corrected chi connectivity index (χ2v) is 4.98. The average molecular weight is 274 g/mol. The highest BCUT2D eigenvalue weighted by molar-refractivity contribution is 6.34. The van der Waals surface area contributed by atoms with Crippen LogP contribution in [0.5, 0.6) is 0 Å². The molecule has 0 fully saturated rings. The van der Waals surface area contributed by atoms with Crippen LogP contribution in [0.15, 0.2) is 12.1 Å². The Kier molecular flexibility index (Phi) is 3.61. The molecule has 1 heterocycles. The van der Waals surface area contributed by atoms with Gasteiger partial charge in [-0.3, -0.25) is 10.1 Å². The van der Waals surface area contributed by atoms with Crippen LogP contribution < -0.4 is 5.32 Å². The van der Waals surface area contributed by atoms with Gasteiger partial charge in [-0.1, -0.05) is 30.1 Å². The van der Waals surface area contributed by atoms with E-state index in [1.165, 1.54) is 0 Å². The number of aliphatic carboxylic acids is 1. The summed E-state index contributed by atoms with van der Waals surface area (Å²) >= 11 is 12.2. The van der Waals surface area contributed by atoms with Crippen molar-refractivity contribution in [2.45, 2.75) is 31.8 Å². The number of fused-ring (bicyclic) bond motifs is 1. The number of hydrogen-bond acceptors (Lipinski definition) is 2. The summed E-state index contributed by atoms with van der Waals surface area (Å²) in [5, 5.41) is 13.4. The Morgan fingerprint density at radius 2 is 2.12 bits per heavy atom. The molecule has 0 spiro atoms. The van der Waals surface area contributed by atoms with Crippen LogP contribution >= 0.6 is 23.2 Å². The molecule has 0 radical (unpaired) electrons. The van der Waals surface area contributed by atoms with Gasteiger partial charge in [-0.25, -0.2) is 0 Å². The van der Waals surface area contributed by atoms with Gasteiger partial charge in [-0.05, 0) is 30.5 Å². The SMILES string of the molecule is CCC1Cc2c(Cl)ccc(Cl)c2C(C(=O)O)N1. The lowest BCUT2D eigenvalue weighted by Gasteiger charge is -2.31. The van der Waals surface area contributed by atoms with Crippen LogP contribution in [0, 0.1) is 0 Å². The summed E-state index contributed by atoms with van der Waals surface area (Å²) < 4.78 is 0. The molecule has 0 amide bonds. The molecule has 1 aliphatic heterocycles. The van der Waals surface area contributed by atoms with Crippen molar-refractivity contribution in [2.75, 3.05) is 0 Å². The molecule has 0 saturated heterocycles. The number of benzene rings is 1. The molecule has 3 nitrogen and oxygen atoms in total. The molecule has 2 unspecified atom stereocenters. The van der Waals surface area contributed by atoms with E-state index in [0.717, 1.165) is 18.4 Å². The van der Waals surface area contributed by atoms with Crippen LogP contribution in [-0.4, -0.2) is 17.1 Å². The minimum absolute atomic E-state index is 0.125.